The van der Waals surface area contributed by atoms with Crippen LogP contribution in [0, 0.1) is 6.92 Å². The number of pyridine rings is 1. The molecule has 0 aliphatic rings. The molecule has 104 valence electrons. The molecule has 0 atom stereocenters. The molecule has 0 fully saturated rings. The van der Waals surface area contributed by atoms with E-state index in [1.54, 1.807) is 6.20 Å². The van der Waals surface area contributed by atoms with Gasteiger partial charge in [-0.3, -0.25) is 0 Å². The summed E-state index contributed by atoms with van der Waals surface area (Å²) in [6.07, 6.45) is 1.81. The van der Waals surface area contributed by atoms with Crippen molar-refractivity contribution in [2.24, 2.45) is 0 Å². The molecule has 3 rings (SSSR count). The number of aromatic nitrogens is 1. The summed E-state index contributed by atoms with van der Waals surface area (Å²) < 4.78 is 0.997. The van der Waals surface area contributed by atoms with E-state index in [2.05, 4.69) is 81.7 Å². The molecule has 3 heteroatoms. The molecule has 0 spiro atoms. The first-order valence-electron chi connectivity index (χ1n) is 6.77. The highest BCUT2D eigenvalue weighted by Crippen LogP contribution is 2.27. The molecule has 1 heterocycles. The van der Waals surface area contributed by atoms with E-state index in [0.29, 0.717) is 0 Å². The summed E-state index contributed by atoms with van der Waals surface area (Å²) in [7, 11) is 0. The normalized spacial score (nSPS) is 10.4. The van der Waals surface area contributed by atoms with Gasteiger partial charge < -0.3 is 5.32 Å². The van der Waals surface area contributed by atoms with E-state index in [1.807, 2.05) is 12.1 Å². The van der Waals surface area contributed by atoms with Crippen molar-refractivity contribution in [2.75, 3.05) is 5.32 Å². The quantitative estimate of drug-likeness (QED) is 0.675. The van der Waals surface area contributed by atoms with Crippen molar-refractivity contribution in [1.29, 1.82) is 0 Å². The monoisotopic (exact) mass is 338 g/mol. The molecule has 0 unspecified atom stereocenters. The molecule has 0 amide bonds. The molecule has 0 saturated carbocycles. The van der Waals surface area contributed by atoms with E-state index >= 15 is 0 Å². The standard InChI is InChI=1S/C18H15BrN2/c1-13-11-12-20-18(17(13)19)21-16-9-7-15(8-10-16)14-5-3-2-4-6-14/h2-12H,1H3,(H,20,21). The molecule has 21 heavy (non-hydrogen) atoms. The Morgan fingerprint density at radius 3 is 2.24 bits per heavy atom. The van der Waals surface area contributed by atoms with Crippen molar-refractivity contribution >= 4 is 27.4 Å². The van der Waals surface area contributed by atoms with Gasteiger partial charge in [-0.15, -0.1) is 0 Å². The lowest BCUT2D eigenvalue weighted by Crippen LogP contribution is -1.95. The van der Waals surface area contributed by atoms with Crippen LogP contribution in [0.3, 0.4) is 0 Å². The molecule has 0 aliphatic heterocycles. The molecule has 1 aromatic heterocycles. The molecule has 0 saturated heterocycles. The van der Waals surface area contributed by atoms with Crippen molar-refractivity contribution in [3.05, 3.63) is 76.9 Å². The number of anilines is 2. The predicted molar refractivity (Wildman–Crippen MR) is 91.8 cm³/mol. The number of halogens is 1. The molecule has 0 aliphatic carbocycles. The molecular weight excluding hydrogens is 324 g/mol. The first kappa shape index (κ1) is 13.8. The van der Waals surface area contributed by atoms with Crippen LogP contribution in [0.4, 0.5) is 11.5 Å². The fraction of sp³-hybridized carbons (Fsp3) is 0.0556. The Labute approximate surface area is 133 Å². The summed E-state index contributed by atoms with van der Waals surface area (Å²) in [5, 5.41) is 3.33. The zero-order valence-electron chi connectivity index (χ0n) is 11.7. The lowest BCUT2D eigenvalue weighted by Gasteiger charge is -2.10. The highest BCUT2D eigenvalue weighted by atomic mass is 79.9. The first-order valence-corrected chi connectivity index (χ1v) is 7.57. The van der Waals surface area contributed by atoms with Gasteiger partial charge in [0.15, 0.2) is 0 Å². The van der Waals surface area contributed by atoms with Crippen LogP contribution < -0.4 is 5.32 Å². The molecule has 0 bridgehead atoms. The van der Waals surface area contributed by atoms with Crippen molar-refractivity contribution in [3.8, 4) is 11.1 Å². The van der Waals surface area contributed by atoms with E-state index in [0.717, 1.165) is 21.5 Å². The second kappa shape index (κ2) is 6.10. The van der Waals surface area contributed by atoms with Gasteiger partial charge in [0.1, 0.15) is 5.82 Å². The van der Waals surface area contributed by atoms with Gasteiger partial charge in [0.05, 0.1) is 4.47 Å². The van der Waals surface area contributed by atoms with Crippen molar-refractivity contribution in [2.45, 2.75) is 6.92 Å². The number of rotatable bonds is 3. The fourth-order valence-corrected chi connectivity index (χ4v) is 2.47. The number of hydrogen-bond acceptors (Lipinski definition) is 2. The third kappa shape index (κ3) is 3.14. The van der Waals surface area contributed by atoms with Crippen LogP contribution in [0.25, 0.3) is 11.1 Å². The minimum Gasteiger partial charge on any atom is -0.339 e. The maximum atomic E-state index is 4.36. The van der Waals surface area contributed by atoms with Gasteiger partial charge in [-0.1, -0.05) is 42.5 Å². The molecule has 1 N–H and O–H groups in total. The number of nitrogens with one attached hydrogen (secondary N) is 1. The lowest BCUT2D eigenvalue weighted by molar-refractivity contribution is 1.25. The van der Waals surface area contributed by atoms with E-state index < -0.39 is 0 Å². The number of benzene rings is 2. The summed E-state index contributed by atoms with van der Waals surface area (Å²) in [5.74, 6) is 0.836. The van der Waals surface area contributed by atoms with Crippen LogP contribution >= 0.6 is 15.9 Å². The maximum Gasteiger partial charge on any atom is 0.144 e. The van der Waals surface area contributed by atoms with E-state index in [-0.39, 0.29) is 0 Å². The molecule has 2 aromatic carbocycles. The number of aryl methyl sites for hydroxylation is 1. The van der Waals surface area contributed by atoms with Crippen molar-refractivity contribution in [3.63, 3.8) is 0 Å². The predicted octanol–water partition coefficient (Wildman–Crippen LogP) is 5.56. The molecular formula is C18H15BrN2. The second-order valence-electron chi connectivity index (χ2n) is 4.86. The Hall–Kier alpha value is -2.13. The number of hydrogen-bond donors (Lipinski definition) is 1. The Kier molecular flexibility index (Phi) is 4.02. The Morgan fingerprint density at radius 2 is 1.52 bits per heavy atom. The largest absolute Gasteiger partial charge is 0.339 e. The summed E-state index contributed by atoms with van der Waals surface area (Å²) in [5.41, 5.74) is 4.61. The van der Waals surface area contributed by atoms with Crippen molar-refractivity contribution in [1.82, 2.24) is 4.98 Å². The summed E-state index contributed by atoms with van der Waals surface area (Å²) in [6, 6.07) is 20.7. The van der Waals surface area contributed by atoms with Gasteiger partial charge in [0, 0.05) is 11.9 Å². The first-order chi connectivity index (χ1) is 10.2. The van der Waals surface area contributed by atoms with E-state index in [4.69, 9.17) is 0 Å². The second-order valence-corrected chi connectivity index (χ2v) is 5.65. The highest BCUT2D eigenvalue weighted by molar-refractivity contribution is 9.10. The van der Waals surface area contributed by atoms with E-state index in [9.17, 15) is 0 Å². The smallest absolute Gasteiger partial charge is 0.144 e. The Bertz CT molecular complexity index is 737. The summed E-state index contributed by atoms with van der Waals surface area (Å²) in [6.45, 7) is 2.05. The molecule has 0 radical (unpaired) electrons. The zero-order chi connectivity index (χ0) is 14.7. The van der Waals surface area contributed by atoms with Crippen LogP contribution in [0.15, 0.2) is 71.3 Å². The van der Waals surface area contributed by atoms with Gasteiger partial charge in [0.2, 0.25) is 0 Å². The van der Waals surface area contributed by atoms with Crippen LogP contribution in [-0.4, -0.2) is 4.98 Å². The maximum absolute atomic E-state index is 4.36. The average Bonchev–Trinajstić information content (AvgIpc) is 2.53. The Balaban J connectivity index is 1.83. The van der Waals surface area contributed by atoms with Crippen LogP contribution in [0.1, 0.15) is 5.56 Å². The topological polar surface area (TPSA) is 24.9 Å². The van der Waals surface area contributed by atoms with Crippen LogP contribution in [0.2, 0.25) is 0 Å². The lowest BCUT2D eigenvalue weighted by atomic mass is 10.1. The molecule has 3 aromatic rings. The van der Waals surface area contributed by atoms with E-state index in [1.165, 1.54) is 11.1 Å². The van der Waals surface area contributed by atoms with Crippen LogP contribution in [-0.2, 0) is 0 Å². The van der Waals surface area contributed by atoms with Crippen LogP contribution in [0.5, 0.6) is 0 Å². The summed E-state index contributed by atoms with van der Waals surface area (Å²) >= 11 is 3.56. The third-order valence-electron chi connectivity index (χ3n) is 3.34. The Morgan fingerprint density at radius 1 is 0.857 bits per heavy atom. The van der Waals surface area contributed by atoms with Gasteiger partial charge in [-0.05, 0) is 57.7 Å². The SMILES string of the molecule is Cc1ccnc(Nc2ccc(-c3ccccc3)cc2)c1Br. The summed E-state index contributed by atoms with van der Waals surface area (Å²) in [4.78, 5) is 4.36. The molecule has 2 nitrogen and oxygen atoms in total. The van der Waals surface area contributed by atoms with Crippen molar-refractivity contribution < 1.29 is 0 Å². The van der Waals surface area contributed by atoms with Gasteiger partial charge in [-0.25, -0.2) is 4.98 Å². The van der Waals surface area contributed by atoms with Gasteiger partial charge >= 0.3 is 0 Å². The fourth-order valence-electron chi connectivity index (χ4n) is 2.14. The minimum absolute atomic E-state index is 0.836. The highest BCUT2D eigenvalue weighted by Gasteiger charge is 2.04. The number of nitrogens with zero attached hydrogens (tertiary/aromatic N) is 1. The van der Waals surface area contributed by atoms with Gasteiger partial charge in [0.25, 0.3) is 0 Å². The van der Waals surface area contributed by atoms with Gasteiger partial charge in [-0.2, -0.15) is 0 Å². The minimum atomic E-state index is 0.836. The third-order valence-corrected chi connectivity index (χ3v) is 4.34. The zero-order valence-corrected chi connectivity index (χ0v) is 13.3. The average molecular weight is 339 g/mol.